The molecular formula is C20H19ClN2O4. The Morgan fingerprint density at radius 2 is 1.85 bits per heavy atom. The lowest BCUT2D eigenvalue weighted by atomic mass is 10.1. The zero-order valence-corrected chi connectivity index (χ0v) is 16.0. The lowest BCUT2D eigenvalue weighted by Gasteiger charge is -2.12. The minimum atomic E-state index is -0.547. The molecule has 1 aromatic carbocycles. The molecule has 0 aliphatic rings. The first kappa shape index (κ1) is 18.9. The van der Waals surface area contributed by atoms with E-state index >= 15 is 0 Å². The van der Waals surface area contributed by atoms with Crippen LogP contribution in [0.4, 0.5) is 0 Å². The number of hydrogen-bond donors (Lipinski definition) is 0. The molecule has 0 fully saturated rings. The molecule has 0 aliphatic heterocycles. The van der Waals surface area contributed by atoms with Crippen molar-refractivity contribution in [1.29, 1.82) is 0 Å². The van der Waals surface area contributed by atoms with Crippen molar-refractivity contribution in [2.45, 2.75) is 27.4 Å². The van der Waals surface area contributed by atoms with Gasteiger partial charge in [0, 0.05) is 17.3 Å². The monoisotopic (exact) mass is 386 g/mol. The molecule has 140 valence electrons. The maximum Gasteiger partial charge on any atom is 0.344 e. The number of rotatable bonds is 5. The Morgan fingerprint density at radius 1 is 1.15 bits per heavy atom. The Morgan fingerprint density at radius 3 is 2.56 bits per heavy atom. The predicted molar refractivity (Wildman–Crippen MR) is 102 cm³/mol. The van der Waals surface area contributed by atoms with Crippen molar-refractivity contribution >= 4 is 23.2 Å². The van der Waals surface area contributed by atoms with Gasteiger partial charge in [0.05, 0.1) is 5.69 Å². The first-order chi connectivity index (χ1) is 12.8. The highest BCUT2D eigenvalue weighted by molar-refractivity contribution is 6.30. The molecule has 7 heteroatoms. The average molecular weight is 387 g/mol. The minimum Gasteiger partial charge on any atom is -0.481 e. The summed E-state index contributed by atoms with van der Waals surface area (Å²) >= 11 is 5.98. The second kappa shape index (κ2) is 7.80. The van der Waals surface area contributed by atoms with E-state index in [4.69, 9.17) is 21.1 Å². The van der Waals surface area contributed by atoms with Crippen molar-refractivity contribution in [3.05, 3.63) is 74.3 Å². The van der Waals surface area contributed by atoms with E-state index in [1.807, 2.05) is 26.8 Å². The van der Waals surface area contributed by atoms with E-state index in [9.17, 15) is 9.59 Å². The van der Waals surface area contributed by atoms with Crippen molar-refractivity contribution in [2.75, 3.05) is 6.61 Å². The molecule has 3 aromatic rings. The summed E-state index contributed by atoms with van der Waals surface area (Å²) in [5, 5.41) is 0.615. The lowest BCUT2D eigenvalue weighted by molar-refractivity contribution is -0.147. The van der Waals surface area contributed by atoms with Crippen molar-refractivity contribution in [3.63, 3.8) is 0 Å². The molecule has 0 amide bonds. The van der Waals surface area contributed by atoms with Gasteiger partial charge in [0.25, 0.3) is 5.56 Å². The summed E-state index contributed by atoms with van der Waals surface area (Å²) in [7, 11) is 0. The smallest absolute Gasteiger partial charge is 0.344 e. The fourth-order valence-corrected chi connectivity index (χ4v) is 3.11. The number of benzene rings is 1. The number of halogens is 1. The summed E-state index contributed by atoms with van der Waals surface area (Å²) in [5.74, 6) is 0.0587. The number of carbonyl (C=O) groups excluding carboxylic acids is 1. The lowest BCUT2D eigenvalue weighted by Crippen LogP contribution is -2.19. The van der Waals surface area contributed by atoms with E-state index in [-0.39, 0.29) is 18.8 Å². The SMILES string of the molecule is Cc1ccc2nc(COC(=O)COc3c(C)cc(Cl)cc3C)cc(=O)n2c1. The Hall–Kier alpha value is -2.86. The first-order valence-corrected chi connectivity index (χ1v) is 8.75. The van der Waals surface area contributed by atoms with Crippen LogP contribution in [-0.2, 0) is 16.1 Å². The second-order valence-electron chi connectivity index (χ2n) is 6.34. The van der Waals surface area contributed by atoms with E-state index in [1.165, 1.54) is 10.5 Å². The molecule has 6 nitrogen and oxygen atoms in total. The van der Waals surface area contributed by atoms with Crippen LogP contribution in [0.3, 0.4) is 0 Å². The molecule has 0 unspecified atom stereocenters. The van der Waals surface area contributed by atoms with Gasteiger partial charge in [-0.1, -0.05) is 17.7 Å². The molecule has 0 atom stereocenters. The molecule has 0 spiro atoms. The normalized spacial score (nSPS) is 10.8. The number of esters is 1. The van der Waals surface area contributed by atoms with Gasteiger partial charge in [0.1, 0.15) is 18.0 Å². The molecule has 3 rings (SSSR count). The van der Waals surface area contributed by atoms with Gasteiger partial charge in [-0.2, -0.15) is 0 Å². The van der Waals surface area contributed by atoms with Gasteiger partial charge < -0.3 is 9.47 Å². The molecule has 0 N–H and O–H groups in total. The number of pyridine rings is 1. The van der Waals surface area contributed by atoms with Gasteiger partial charge in [0.15, 0.2) is 6.61 Å². The van der Waals surface area contributed by atoms with E-state index < -0.39 is 5.97 Å². The van der Waals surface area contributed by atoms with Gasteiger partial charge >= 0.3 is 5.97 Å². The van der Waals surface area contributed by atoms with Crippen LogP contribution in [0.15, 0.2) is 41.3 Å². The highest BCUT2D eigenvalue weighted by Crippen LogP contribution is 2.26. The fourth-order valence-electron chi connectivity index (χ4n) is 2.78. The minimum absolute atomic E-state index is 0.0968. The van der Waals surface area contributed by atoms with Crippen LogP contribution in [0.25, 0.3) is 5.65 Å². The van der Waals surface area contributed by atoms with Crippen LogP contribution >= 0.6 is 11.6 Å². The van der Waals surface area contributed by atoms with Crippen molar-refractivity contribution in [3.8, 4) is 5.75 Å². The Labute approximate surface area is 161 Å². The number of hydrogen-bond acceptors (Lipinski definition) is 5. The van der Waals surface area contributed by atoms with Crippen LogP contribution in [-0.4, -0.2) is 22.0 Å². The van der Waals surface area contributed by atoms with Crippen molar-refractivity contribution in [1.82, 2.24) is 9.38 Å². The van der Waals surface area contributed by atoms with Crippen LogP contribution in [0.2, 0.25) is 5.02 Å². The van der Waals surface area contributed by atoms with Crippen molar-refractivity contribution in [2.24, 2.45) is 0 Å². The van der Waals surface area contributed by atoms with Gasteiger partial charge in [-0.05, 0) is 55.7 Å². The molecule has 0 aliphatic carbocycles. The summed E-state index contributed by atoms with van der Waals surface area (Å²) in [6.07, 6.45) is 1.71. The summed E-state index contributed by atoms with van der Waals surface area (Å²) < 4.78 is 12.2. The molecule has 2 aromatic heterocycles. The van der Waals surface area contributed by atoms with Crippen LogP contribution < -0.4 is 10.3 Å². The third kappa shape index (κ3) is 4.46. The zero-order valence-electron chi connectivity index (χ0n) is 15.3. The number of ether oxygens (including phenoxy) is 2. The van der Waals surface area contributed by atoms with Gasteiger partial charge in [-0.25, -0.2) is 9.78 Å². The first-order valence-electron chi connectivity index (χ1n) is 8.37. The number of aryl methyl sites for hydroxylation is 3. The Kier molecular flexibility index (Phi) is 5.46. The standard InChI is InChI=1S/C20H19ClN2O4/c1-12-4-5-17-22-16(8-18(24)23(17)9-12)10-26-19(25)11-27-20-13(2)6-15(21)7-14(20)3/h4-9H,10-11H2,1-3H3. The summed E-state index contributed by atoms with van der Waals surface area (Å²) in [4.78, 5) is 28.5. The predicted octanol–water partition coefficient (Wildman–Crippen LogP) is 3.40. The fraction of sp³-hybridized carbons (Fsp3) is 0.250. The third-order valence-corrected chi connectivity index (χ3v) is 4.22. The second-order valence-corrected chi connectivity index (χ2v) is 6.77. The number of carbonyl (C=O) groups is 1. The number of aromatic nitrogens is 2. The largest absolute Gasteiger partial charge is 0.481 e. The molecule has 0 bridgehead atoms. The molecular weight excluding hydrogens is 368 g/mol. The van der Waals surface area contributed by atoms with Crippen molar-refractivity contribution < 1.29 is 14.3 Å². The molecule has 2 heterocycles. The third-order valence-electron chi connectivity index (χ3n) is 4.00. The van der Waals surface area contributed by atoms with Gasteiger partial charge in [0.2, 0.25) is 0 Å². The maximum absolute atomic E-state index is 12.2. The van der Waals surface area contributed by atoms with E-state index in [0.29, 0.717) is 22.1 Å². The quantitative estimate of drug-likeness (QED) is 0.628. The molecule has 0 saturated carbocycles. The number of nitrogens with zero attached hydrogens (tertiary/aromatic N) is 2. The number of fused-ring (bicyclic) bond motifs is 1. The van der Waals surface area contributed by atoms with E-state index in [2.05, 4.69) is 4.98 Å². The van der Waals surface area contributed by atoms with E-state index in [1.54, 1.807) is 24.4 Å². The maximum atomic E-state index is 12.2. The van der Waals surface area contributed by atoms with Crippen LogP contribution in [0.1, 0.15) is 22.4 Å². The Balaban J connectivity index is 1.64. The highest BCUT2D eigenvalue weighted by atomic mass is 35.5. The summed E-state index contributed by atoms with van der Waals surface area (Å²) in [6.45, 7) is 5.27. The summed E-state index contributed by atoms with van der Waals surface area (Å²) in [6, 6.07) is 8.50. The van der Waals surface area contributed by atoms with Gasteiger partial charge in [-0.15, -0.1) is 0 Å². The summed E-state index contributed by atoms with van der Waals surface area (Å²) in [5.41, 5.74) is 3.30. The molecule has 27 heavy (non-hydrogen) atoms. The van der Waals surface area contributed by atoms with Crippen LogP contribution in [0.5, 0.6) is 5.75 Å². The molecule has 0 saturated heterocycles. The van der Waals surface area contributed by atoms with Gasteiger partial charge in [-0.3, -0.25) is 9.20 Å². The molecule has 0 radical (unpaired) electrons. The topological polar surface area (TPSA) is 69.9 Å². The zero-order chi connectivity index (χ0) is 19.6. The van der Waals surface area contributed by atoms with E-state index in [0.717, 1.165) is 16.7 Å². The van der Waals surface area contributed by atoms with Crippen LogP contribution in [0, 0.1) is 20.8 Å². The highest BCUT2D eigenvalue weighted by Gasteiger charge is 2.11. The average Bonchev–Trinajstić information content (AvgIpc) is 2.59. The Bertz CT molecular complexity index is 1050.